The molecule has 0 aromatic heterocycles. The third-order valence-corrected chi connectivity index (χ3v) is 4.86. The highest BCUT2D eigenvalue weighted by Gasteiger charge is 2.66. The lowest BCUT2D eigenvalue weighted by molar-refractivity contribution is -0.134. The van der Waals surface area contributed by atoms with Crippen molar-refractivity contribution in [2.75, 3.05) is 26.9 Å². The number of hydrogen-bond donors (Lipinski definition) is 0. The quantitative estimate of drug-likeness (QED) is 0.741. The van der Waals surface area contributed by atoms with Crippen molar-refractivity contribution in [3.8, 4) is 5.75 Å². The molecular formula is C18H25NO3. The van der Waals surface area contributed by atoms with Crippen LogP contribution in [0.3, 0.4) is 0 Å². The molecule has 1 aromatic carbocycles. The molecule has 1 spiro atoms. The van der Waals surface area contributed by atoms with Crippen LogP contribution in [-0.2, 0) is 16.1 Å². The van der Waals surface area contributed by atoms with E-state index in [0.717, 1.165) is 17.7 Å². The van der Waals surface area contributed by atoms with Gasteiger partial charge in [-0.1, -0.05) is 12.1 Å². The van der Waals surface area contributed by atoms with Gasteiger partial charge in [0.1, 0.15) is 5.75 Å². The average Bonchev–Trinajstić information content (AvgIpc) is 3.45. The van der Waals surface area contributed by atoms with Crippen molar-refractivity contribution < 1.29 is 14.3 Å². The summed E-state index contributed by atoms with van der Waals surface area (Å²) in [6.07, 6.45) is 3.58. The Balaban J connectivity index is 1.62. The molecule has 2 aliphatic rings. The van der Waals surface area contributed by atoms with E-state index in [2.05, 4.69) is 0 Å². The molecule has 2 fully saturated rings. The van der Waals surface area contributed by atoms with Gasteiger partial charge in [-0.2, -0.15) is 0 Å². The summed E-state index contributed by atoms with van der Waals surface area (Å²) in [6.45, 7) is 4.54. The van der Waals surface area contributed by atoms with Crippen LogP contribution in [0.15, 0.2) is 24.3 Å². The standard InChI is InChI=1S/C18H25NO3/c1-3-22-15-6-4-14(5-7-15)13-19(10-11-21-2)17(20)16-12-18(16)8-9-18/h4-7,16H,3,8-13H2,1-2H3/t16-/m0/s1. The molecule has 0 heterocycles. The molecule has 0 unspecified atom stereocenters. The molecule has 0 aliphatic heterocycles. The molecule has 120 valence electrons. The molecule has 0 N–H and O–H groups in total. The van der Waals surface area contributed by atoms with Crippen LogP contribution in [0.1, 0.15) is 31.7 Å². The molecular weight excluding hydrogens is 278 g/mol. The second-order valence-electron chi connectivity index (χ2n) is 6.45. The number of carbonyl (C=O) groups excluding carboxylic acids is 1. The molecule has 1 atom stereocenters. The van der Waals surface area contributed by atoms with E-state index >= 15 is 0 Å². The van der Waals surface area contributed by atoms with Crippen LogP contribution in [0.5, 0.6) is 5.75 Å². The Kier molecular flexibility index (Phi) is 4.39. The smallest absolute Gasteiger partial charge is 0.226 e. The lowest BCUT2D eigenvalue weighted by Gasteiger charge is -2.23. The van der Waals surface area contributed by atoms with Gasteiger partial charge in [-0.05, 0) is 49.3 Å². The van der Waals surface area contributed by atoms with Crippen molar-refractivity contribution in [2.24, 2.45) is 11.3 Å². The maximum atomic E-state index is 12.7. The van der Waals surface area contributed by atoms with Crippen LogP contribution < -0.4 is 4.74 Å². The summed E-state index contributed by atoms with van der Waals surface area (Å²) in [5, 5.41) is 0. The van der Waals surface area contributed by atoms with Crippen molar-refractivity contribution in [1.29, 1.82) is 0 Å². The highest BCUT2D eigenvalue weighted by atomic mass is 16.5. The summed E-state index contributed by atoms with van der Waals surface area (Å²) in [6, 6.07) is 8.02. The van der Waals surface area contributed by atoms with Crippen LogP contribution in [0.4, 0.5) is 0 Å². The summed E-state index contributed by atoms with van der Waals surface area (Å²) >= 11 is 0. The number of ether oxygens (including phenoxy) is 2. The topological polar surface area (TPSA) is 38.8 Å². The summed E-state index contributed by atoms with van der Waals surface area (Å²) < 4.78 is 10.6. The fourth-order valence-electron chi connectivity index (χ4n) is 3.18. The number of methoxy groups -OCH3 is 1. The normalized spacial score (nSPS) is 20.7. The maximum absolute atomic E-state index is 12.7. The van der Waals surface area contributed by atoms with Crippen molar-refractivity contribution in [1.82, 2.24) is 4.90 Å². The first-order valence-corrected chi connectivity index (χ1v) is 8.18. The summed E-state index contributed by atoms with van der Waals surface area (Å²) in [7, 11) is 1.68. The van der Waals surface area contributed by atoms with Crippen molar-refractivity contribution in [3.63, 3.8) is 0 Å². The van der Waals surface area contributed by atoms with Crippen molar-refractivity contribution in [2.45, 2.75) is 32.7 Å². The van der Waals surface area contributed by atoms with Crippen molar-refractivity contribution >= 4 is 5.91 Å². The second-order valence-corrected chi connectivity index (χ2v) is 6.45. The summed E-state index contributed by atoms with van der Waals surface area (Å²) in [5.41, 5.74) is 1.54. The number of amides is 1. The lowest BCUT2D eigenvalue weighted by atomic mass is 10.2. The molecule has 1 amide bonds. The first kappa shape index (κ1) is 15.3. The van der Waals surface area contributed by atoms with E-state index < -0.39 is 0 Å². The minimum Gasteiger partial charge on any atom is -0.494 e. The van der Waals surface area contributed by atoms with E-state index in [4.69, 9.17) is 9.47 Å². The van der Waals surface area contributed by atoms with Crippen LogP contribution in [0, 0.1) is 11.3 Å². The van der Waals surface area contributed by atoms with Gasteiger partial charge in [0.25, 0.3) is 0 Å². The fraction of sp³-hybridized carbons (Fsp3) is 0.611. The first-order chi connectivity index (χ1) is 10.7. The largest absolute Gasteiger partial charge is 0.494 e. The van der Waals surface area contributed by atoms with Crippen LogP contribution in [0.25, 0.3) is 0 Å². The summed E-state index contributed by atoms with van der Waals surface area (Å²) in [5.74, 6) is 1.45. The number of hydrogen-bond acceptors (Lipinski definition) is 3. The van der Waals surface area contributed by atoms with Crippen molar-refractivity contribution in [3.05, 3.63) is 29.8 Å². The third kappa shape index (κ3) is 3.27. The maximum Gasteiger partial charge on any atom is 0.226 e. The predicted octanol–water partition coefficient (Wildman–Crippen LogP) is 2.86. The molecule has 22 heavy (non-hydrogen) atoms. The number of carbonyl (C=O) groups is 1. The molecule has 4 heteroatoms. The Labute approximate surface area is 132 Å². The van der Waals surface area contributed by atoms with E-state index in [-0.39, 0.29) is 5.92 Å². The van der Waals surface area contributed by atoms with Gasteiger partial charge in [0, 0.05) is 26.1 Å². The molecule has 0 radical (unpaired) electrons. The molecule has 3 rings (SSSR count). The Morgan fingerprint density at radius 2 is 2.05 bits per heavy atom. The number of benzene rings is 1. The second kappa shape index (κ2) is 6.29. The predicted molar refractivity (Wildman–Crippen MR) is 84.7 cm³/mol. The van der Waals surface area contributed by atoms with E-state index in [0.29, 0.717) is 37.6 Å². The SMILES string of the molecule is CCOc1ccc(CN(CCOC)C(=O)[C@@H]2CC23CC3)cc1. The highest BCUT2D eigenvalue weighted by Crippen LogP contribution is 2.70. The average molecular weight is 303 g/mol. The van der Waals surface area contributed by atoms with Crippen LogP contribution in [0.2, 0.25) is 0 Å². The lowest BCUT2D eigenvalue weighted by Crippen LogP contribution is -2.35. The van der Waals surface area contributed by atoms with Gasteiger partial charge in [-0.3, -0.25) is 4.79 Å². The fourth-order valence-corrected chi connectivity index (χ4v) is 3.18. The third-order valence-electron chi connectivity index (χ3n) is 4.86. The van der Waals surface area contributed by atoms with Gasteiger partial charge < -0.3 is 14.4 Å². The monoisotopic (exact) mass is 303 g/mol. The molecule has 0 bridgehead atoms. The van der Waals surface area contributed by atoms with E-state index in [1.807, 2.05) is 36.1 Å². The zero-order valence-corrected chi connectivity index (χ0v) is 13.5. The first-order valence-electron chi connectivity index (χ1n) is 8.18. The Hall–Kier alpha value is -1.55. The minimum atomic E-state index is 0.270. The molecule has 2 aliphatic carbocycles. The number of nitrogens with zero attached hydrogens (tertiary/aromatic N) is 1. The molecule has 2 saturated carbocycles. The van der Waals surface area contributed by atoms with Gasteiger partial charge in [-0.25, -0.2) is 0 Å². The Bertz CT molecular complexity index is 522. The highest BCUT2D eigenvalue weighted by molar-refractivity contribution is 5.83. The molecule has 0 saturated heterocycles. The van der Waals surface area contributed by atoms with E-state index in [9.17, 15) is 4.79 Å². The molecule has 1 aromatic rings. The van der Waals surface area contributed by atoms with E-state index in [1.54, 1.807) is 7.11 Å². The van der Waals surface area contributed by atoms with Gasteiger partial charge >= 0.3 is 0 Å². The van der Waals surface area contributed by atoms with Crippen LogP contribution in [-0.4, -0.2) is 37.7 Å². The van der Waals surface area contributed by atoms with Gasteiger partial charge in [-0.15, -0.1) is 0 Å². The van der Waals surface area contributed by atoms with Gasteiger partial charge in [0.15, 0.2) is 0 Å². The number of rotatable bonds is 8. The molecule has 4 nitrogen and oxygen atoms in total. The zero-order valence-electron chi connectivity index (χ0n) is 13.5. The van der Waals surface area contributed by atoms with Gasteiger partial charge in [0.05, 0.1) is 13.2 Å². The van der Waals surface area contributed by atoms with E-state index in [1.165, 1.54) is 12.8 Å². The van der Waals surface area contributed by atoms with Crippen LogP contribution >= 0.6 is 0 Å². The minimum absolute atomic E-state index is 0.270. The van der Waals surface area contributed by atoms with Gasteiger partial charge in [0.2, 0.25) is 5.91 Å². The summed E-state index contributed by atoms with van der Waals surface area (Å²) in [4.78, 5) is 14.6. The Morgan fingerprint density at radius 3 is 2.59 bits per heavy atom. The zero-order chi connectivity index (χ0) is 15.6. The Morgan fingerprint density at radius 1 is 1.32 bits per heavy atom.